The van der Waals surface area contributed by atoms with Gasteiger partial charge in [-0.2, -0.15) is 0 Å². The van der Waals surface area contributed by atoms with Crippen LogP contribution in [0.3, 0.4) is 0 Å². The molecule has 1 heteroatoms. The zero-order valence-corrected chi connectivity index (χ0v) is 15.2. The summed E-state index contributed by atoms with van der Waals surface area (Å²) in [5.74, 6) is 0.918. The minimum absolute atomic E-state index is 0.617. The lowest BCUT2D eigenvalue weighted by Crippen LogP contribution is -2.34. The molecule has 0 fully saturated rings. The molecule has 1 aliphatic heterocycles. The summed E-state index contributed by atoms with van der Waals surface area (Å²) >= 11 is 0. The standard InChI is InChI=1S/C26H20O/c1-19-12-14-23-20(18-19)13-15-25-24(23)16-17-26(27-25,21-8-4-2-5-9-21)22-10-6-3-7-11-22/h2-18H,1H3. The Bertz CT molecular complexity index is 1100. The van der Waals surface area contributed by atoms with Crippen LogP contribution in [0.4, 0.5) is 0 Å². The molecule has 1 aliphatic rings. The van der Waals surface area contributed by atoms with E-state index in [4.69, 9.17) is 4.74 Å². The molecule has 0 amide bonds. The minimum Gasteiger partial charge on any atom is -0.473 e. The number of fused-ring (bicyclic) bond motifs is 3. The van der Waals surface area contributed by atoms with Gasteiger partial charge in [0.05, 0.1) is 0 Å². The maximum Gasteiger partial charge on any atom is 0.178 e. The monoisotopic (exact) mass is 348 g/mol. The van der Waals surface area contributed by atoms with Crippen molar-refractivity contribution in [3.8, 4) is 5.75 Å². The Kier molecular flexibility index (Phi) is 3.61. The summed E-state index contributed by atoms with van der Waals surface area (Å²) in [6, 6.07) is 31.7. The van der Waals surface area contributed by atoms with Crippen LogP contribution in [0.5, 0.6) is 5.75 Å². The summed E-state index contributed by atoms with van der Waals surface area (Å²) in [6.45, 7) is 2.13. The van der Waals surface area contributed by atoms with Crippen LogP contribution in [0.15, 0.2) is 97.1 Å². The van der Waals surface area contributed by atoms with E-state index in [2.05, 4.69) is 97.9 Å². The Morgan fingerprint density at radius 2 is 1.37 bits per heavy atom. The third kappa shape index (κ3) is 2.55. The highest BCUT2D eigenvalue weighted by Gasteiger charge is 2.37. The largest absolute Gasteiger partial charge is 0.473 e. The number of rotatable bonds is 2. The summed E-state index contributed by atoms with van der Waals surface area (Å²) in [6.07, 6.45) is 4.41. The van der Waals surface area contributed by atoms with Crippen molar-refractivity contribution in [1.29, 1.82) is 0 Å². The maximum absolute atomic E-state index is 6.74. The first-order chi connectivity index (χ1) is 13.3. The van der Waals surface area contributed by atoms with Crippen molar-refractivity contribution < 1.29 is 4.74 Å². The van der Waals surface area contributed by atoms with Crippen LogP contribution in [-0.2, 0) is 5.60 Å². The molecular formula is C26H20O. The van der Waals surface area contributed by atoms with E-state index in [-0.39, 0.29) is 0 Å². The fourth-order valence-corrected chi connectivity index (χ4v) is 3.97. The third-order valence-electron chi connectivity index (χ3n) is 5.34. The molecule has 0 saturated carbocycles. The van der Waals surface area contributed by atoms with Gasteiger partial charge in [0.15, 0.2) is 5.60 Å². The Balaban J connectivity index is 1.73. The van der Waals surface area contributed by atoms with Gasteiger partial charge in [-0.1, -0.05) is 90.5 Å². The Labute approximate surface area is 159 Å². The average Bonchev–Trinajstić information content (AvgIpc) is 2.74. The molecule has 130 valence electrons. The smallest absolute Gasteiger partial charge is 0.178 e. The van der Waals surface area contributed by atoms with Gasteiger partial charge in [-0.25, -0.2) is 0 Å². The van der Waals surface area contributed by atoms with Crippen LogP contribution in [0.25, 0.3) is 16.8 Å². The average molecular weight is 348 g/mol. The van der Waals surface area contributed by atoms with E-state index in [1.165, 1.54) is 16.3 Å². The fourth-order valence-electron chi connectivity index (χ4n) is 3.97. The van der Waals surface area contributed by atoms with Crippen LogP contribution >= 0.6 is 0 Å². The highest BCUT2D eigenvalue weighted by molar-refractivity contribution is 5.94. The molecule has 0 N–H and O–H groups in total. The molecule has 1 nitrogen and oxygen atoms in total. The molecule has 0 spiro atoms. The van der Waals surface area contributed by atoms with Crippen LogP contribution in [-0.4, -0.2) is 0 Å². The summed E-state index contributed by atoms with van der Waals surface area (Å²) in [7, 11) is 0. The van der Waals surface area contributed by atoms with Gasteiger partial charge < -0.3 is 4.74 Å². The number of aryl methyl sites for hydroxylation is 1. The Morgan fingerprint density at radius 1 is 0.704 bits per heavy atom. The van der Waals surface area contributed by atoms with Crippen LogP contribution in [0, 0.1) is 6.92 Å². The first-order valence-corrected chi connectivity index (χ1v) is 9.29. The molecule has 0 saturated heterocycles. The quantitative estimate of drug-likeness (QED) is 0.402. The van der Waals surface area contributed by atoms with E-state index in [1.807, 2.05) is 12.1 Å². The second-order valence-electron chi connectivity index (χ2n) is 7.11. The van der Waals surface area contributed by atoms with E-state index in [9.17, 15) is 0 Å². The number of benzene rings is 4. The van der Waals surface area contributed by atoms with E-state index in [0.717, 1.165) is 22.4 Å². The molecule has 0 atom stereocenters. The van der Waals surface area contributed by atoms with Gasteiger partial charge in [-0.05, 0) is 35.9 Å². The molecule has 0 aliphatic carbocycles. The van der Waals surface area contributed by atoms with Gasteiger partial charge >= 0.3 is 0 Å². The molecule has 4 aromatic rings. The summed E-state index contributed by atoms with van der Waals surface area (Å²) in [5, 5.41) is 2.47. The summed E-state index contributed by atoms with van der Waals surface area (Å²) < 4.78 is 6.74. The zero-order chi connectivity index (χ0) is 18.3. The van der Waals surface area contributed by atoms with Crippen molar-refractivity contribution in [3.63, 3.8) is 0 Å². The highest BCUT2D eigenvalue weighted by Crippen LogP contribution is 2.44. The topological polar surface area (TPSA) is 9.23 Å². The van der Waals surface area contributed by atoms with E-state index < -0.39 is 5.60 Å². The molecule has 0 radical (unpaired) electrons. The lowest BCUT2D eigenvalue weighted by atomic mass is 9.83. The summed E-state index contributed by atoms with van der Waals surface area (Å²) in [5.41, 5.74) is 4.05. The molecule has 1 heterocycles. The third-order valence-corrected chi connectivity index (χ3v) is 5.34. The maximum atomic E-state index is 6.74. The predicted molar refractivity (Wildman–Crippen MR) is 112 cm³/mol. The van der Waals surface area contributed by atoms with Crippen molar-refractivity contribution in [1.82, 2.24) is 0 Å². The van der Waals surface area contributed by atoms with Gasteiger partial charge in [0, 0.05) is 16.7 Å². The lowest BCUT2D eigenvalue weighted by Gasteiger charge is -2.36. The normalized spacial score (nSPS) is 14.6. The highest BCUT2D eigenvalue weighted by atomic mass is 16.5. The molecule has 27 heavy (non-hydrogen) atoms. The van der Waals surface area contributed by atoms with E-state index in [0.29, 0.717) is 0 Å². The molecule has 0 bridgehead atoms. The first kappa shape index (κ1) is 15.9. The number of ether oxygens (including phenoxy) is 1. The van der Waals surface area contributed by atoms with Gasteiger partial charge in [-0.15, -0.1) is 0 Å². The second-order valence-corrected chi connectivity index (χ2v) is 7.11. The van der Waals surface area contributed by atoms with Gasteiger partial charge in [-0.3, -0.25) is 0 Å². The van der Waals surface area contributed by atoms with Crippen LogP contribution in [0.1, 0.15) is 22.3 Å². The first-order valence-electron chi connectivity index (χ1n) is 9.29. The SMILES string of the molecule is Cc1ccc2c3c(ccc2c1)OC(c1ccccc1)(c1ccccc1)C=C3. The number of hydrogen-bond donors (Lipinski definition) is 0. The lowest BCUT2D eigenvalue weighted by molar-refractivity contribution is 0.161. The summed E-state index contributed by atoms with van der Waals surface area (Å²) in [4.78, 5) is 0. The molecular weight excluding hydrogens is 328 g/mol. The van der Waals surface area contributed by atoms with Crippen LogP contribution in [0.2, 0.25) is 0 Å². The molecule has 4 aromatic carbocycles. The zero-order valence-electron chi connectivity index (χ0n) is 15.2. The molecule has 0 aromatic heterocycles. The van der Waals surface area contributed by atoms with E-state index in [1.54, 1.807) is 0 Å². The van der Waals surface area contributed by atoms with Crippen molar-refractivity contribution >= 4 is 16.8 Å². The minimum atomic E-state index is -0.617. The van der Waals surface area contributed by atoms with Crippen molar-refractivity contribution in [3.05, 3.63) is 119 Å². The number of hydrogen-bond acceptors (Lipinski definition) is 1. The van der Waals surface area contributed by atoms with E-state index >= 15 is 0 Å². The Hall–Kier alpha value is -3.32. The fraction of sp³-hybridized carbons (Fsp3) is 0.0769. The van der Waals surface area contributed by atoms with Crippen molar-refractivity contribution in [2.24, 2.45) is 0 Å². The second kappa shape index (κ2) is 6.14. The van der Waals surface area contributed by atoms with Crippen molar-refractivity contribution in [2.75, 3.05) is 0 Å². The van der Waals surface area contributed by atoms with Gasteiger partial charge in [0.1, 0.15) is 5.75 Å². The molecule has 5 rings (SSSR count). The van der Waals surface area contributed by atoms with Crippen molar-refractivity contribution in [2.45, 2.75) is 12.5 Å². The molecule has 0 unspecified atom stereocenters. The predicted octanol–water partition coefficient (Wildman–Crippen LogP) is 6.50. The van der Waals surface area contributed by atoms with Gasteiger partial charge in [0.2, 0.25) is 0 Å². The Morgan fingerprint density at radius 3 is 2.04 bits per heavy atom. The van der Waals surface area contributed by atoms with Gasteiger partial charge in [0.25, 0.3) is 0 Å². The van der Waals surface area contributed by atoms with Crippen LogP contribution < -0.4 is 4.74 Å².